The summed E-state index contributed by atoms with van der Waals surface area (Å²) in [7, 11) is 0.217. The highest BCUT2D eigenvalue weighted by Crippen LogP contribution is 2.27. The molecular weight excluding hydrogens is 364 g/mol. The molecular formula is C16H22N2O7S. The number of esters is 1. The minimum Gasteiger partial charge on any atom is -0.491 e. The maximum Gasteiger partial charge on any atom is 0.324 e. The van der Waals surface area contributed by atoms with E-state index in [0.717, 1.165) is 4.31 Å². The number of benzene rings is 1. The SMILES string of the molecule is COCCOc1ccc(S(=O)(=O)N2C/C(=N\OC)C[C@@H]2C(=O)OC)cc1. The maximum atomic E-state index is 12.9. The summed E-state index contributed by atoms with van der Waals surface area (Å²) < 4.78 is 42.0. The third-order valence-electron chi connectivity index (χ3n) is 3.80. The maximum absolute atomic E-state index is 12.9. The molecule has 0 amide bonds. The summed E-state index contributed by atoms with van der Waals surface area (Å²) in [6, 6.07) is 4.98. The number of nitrogens with zero attached hydrogens (tertiary/aromatic N) is 2. The standard InChI is InChI=1S/C16H22N2O7S/c1-22-8-9-25-13-4-6-14(7-5-13)26(20,21)18-11-12(17-24-3)10-15(18)16(19)23-2/h4-7,15H,8-11H2,1-3H3/b17-12-/t15-/m1/s1. The van der Waals surface area contributed by atoms with Gasteiger partial charge in [-0.05, 0) is 24.3 Å². The molecule has 10 heteroatoms. The topological polar surface area (TPSA) is 104 Å². The summed E-state index contributed by atoms with van der Waals surface area (Å²) in [5.74, 6) is -0.122. The smallest absolute Gasteiger partial charge is 0.324 e. The number of oxime groups is 1. The van der Waals surface area contributed by atoms with E-state index >= 15 is 0 Å². The molecule has 1 aliphatic rings. The molecule has 1 fully saturated rings. The fourth-order valence-corrected chi connectivity index (χ4v) is 4.12. The van der Waals surface area contributed by atoms with Crippen molar-refractivity contribution in [3.05, 3.63) is 24.3 Å². The number of methoxy groups -OCH3 is 2. The Kier molecular flexibility index (Phi) is 6.95. The summed E-state index contributed by atoms with van der Waals surface area (Å²) in [4.78, 5) is 16.7. The zero-order valence-electron chi connectivity index (χ0n) is 14.9. The summed E-state index contributed by atoms with van der Waals surface area (Å²) in [6.07, 6.45) is 0.123. The van der Waals surface area contributed by atoms with Crippen molar-refractivity contribution < 1.29 is 32.3 Å². The van der Waals surface area contributed by atoms with E-state index < -0.39 is 22.0 Å². The van der Waals surface area contributed by atoms with Gasteiger partial charge in [0.25, 0.3) is 0 Å². The molecule has 1 aliphatic heterocycles. The zero-order valence-corrected chi connectivity index (χ0v) is 15.7. The van der Waals surface area contributed by atoms with Crippen LogP contribution in [0.5, 0.6) is 5.75 Å². The number of hydrogen-bond donors (Lipinski definition) is 0. The van der Waals surface area contributed by atoms with Gasteiger partial charge < -0.3 is 19.0 Å². The molecule has 0 bridgehead atoms. The molecule has 144 valence electrons. The van der Waals surface area contributed by atoms with Gasteiger partial charge in [0.2, 0.25) is 10.0 Å². The van der Waals surface area contributed by atoms with Gasteiger partial charge >= 0.3 is 5.97 Å². The largest absolute Gasteiger partial charge is 0.491 e. The van der Waals surface area contributed by atoms with E-state index in [9.17, 15) is 13.2 Å². The minimum absolute atomic E-state index is 0.0397. The Morgan fingerprint density at radius 3 is 2.46 bits per heavy atom. The highest BCUT2D eigenvalue weighted by molar-refractivity contribution is 7.89. The summed E-state index contributed by atoms with van der Waals surface area (Å²) in [5.41, 5.74) is 0.450. The second-order valence-electron chi connectivity index (χ2n) is 5.45. The number of ether oxygens (including phenoxy) is 3. The van der Waals surface area contributed by atoms with E-state index in [0.29, 0.717) is 24.7 Å². The van der Waals surface area contributed by atoms with Gasteiger partial charge in [0.15, 0.2) is 0 Å². The number of sulfonamides is 1. The molecule has 1 atom stereocenters. The number of carbonyl (C=O) groups excluding carboxylic acids is 1. The Labute approximate surface area is 152 Å². The van der Waals surface area contributed by atoms with Crippen LogP contribution >= 0.6 is 0 Å². The van der Waals surface area contributed by atoms with Gasteiger partial charge in [-0.1, -0.05) is 5.16 Å². The van der Waals surface area contributed by atoms with Gasteiger partial charge in [-0.25, -0.2) is 8.42 Å². The molecule has 1 heterocycles. The summed E-state index contributed by atoms with van der Waals surface area (Å²) in [6.45, 7) is 0.744. The van der Waals surface area contributed by atoms with Crippen molar-refractivity contribution in [3.8, 4) is 5.75 Å². The van der Waals surface area contributed by atoms with Gasteiger partial charge in [-0.3, -0.25) is 4.79 Å². The van der Waals surface area contributed by atoms with Crippen LogP contribution in [-0.2, 0) is 29.1 Å². The van der Waals surface area contributed by atoms with Crippen molar-refractivity contribution in [1.82, 2.24) is 4.31 Å². The van der Waals surface area contributed by atoms with Crippen molar-refractivity contribution in [2.45, 2.75) is 17.4 Å². The summed E-state index contributed by atoms with van der Waals surface area (Å²) >= 11 is 0. The Morgan fingerprint density at radius 2 is 1.88 bits per heavy atom. The van der Waals surface area contributed by atoms with Crippen LogP contribution in [0.4, 0.5) is 0 Å². The third kappa shape index (κ3) is 4.51. The molecule has 2 rings (SSSR count). The summed E-state index contributed by atoms with van der Waals surface area (Å²) in [5, 5.41) is 3.77. The Morgan fingerprint density at radius 1 is 1.19 bits per heavy atom. The highest BCUT2D eigenvalue weighted by Gasteiger charge is 2.43. The lowest BCUT2D eigenvalue weighted by molar-refractivity contribution is -0.144. The lowest BCUT2D eigenvalue weighted by atomic mass is 10.2. The Hall–Kier alpha value is -2.17. The van der Waals surface area contributed by atoms with E-state index in [1.54, 1.807) is 19.2 Å². The first-order valence-electron chi connectivity index (χ1n) is 7.84. The molecule has 0 N–H and O–H groups in total. The van der Waals surface area contributed by atoms with E-state index in [1.807, 2.05) is 0 Å². The van der Waals surface area contributed by atoms with Gasteiger partial charge in [0, 0.05) is 13.5 Å². The fraction of sp³-hybridized carbons (Fsp3) is 0.500. The second-order valence-corrected chi connectivity index (χ2v) is 7.34. The molecule has 0 aromatic heterocycles. The molecule has 9 nitrogen and oxygen atoms in total. The monoisotopic (exact) mass is 386 g/mol. The highest BCUT2D eigenvalue weighted by atomic mass is 32.2. The third-order valence-corrected chi connectivity index (χ3v) is 5.66. The quantitative estimate of drug-likeness (QED) is 0.367. The van der Waals surface area contributed by atoms with E-state index in [2.05, 4.69) is 5.16 Å². The average Bonchev–Trinajstić information content (AvgIpc) is 3.07. The van der Waals surface area contributed by atoms with Crippen LogP contribution in [0.15, 0.2) is 34.3 Å². The fourth-order valence-electron chi connectivity index (χ4n) is 2.55. The van der Waals surface area contributed by atoms with Crippen LogP contribution in [0.2, 0.25) is 0 Å². The van der Waals surface area contributed by atoms with Crippen molar-refractivity contribution in [3.63, 3.8) is 0 Å². The van der Waals surface area contributed by atoms with Crippen LogP contribution in [0.3, 0.4) is 0 Å². The van der Waals surface area contributed by atoms with Crippen LogP contribution in [-0.4, -0.2) is 71.5 Å². The molecule has 0 saturated carbocycles. The van der Waals surface area contributed by atoms with E-state index in [-0.39, 0.29) is 17.9 Å². The molecule has 1 aromatic carbocycles. The molecule has 26 heavy (non-hydrogen) atoms. The lowest BCUT2D eigenvalue weighted by Gasteiger charge is -2.21. The average molecular weight is 386 g/mol. The van der Waals surface area contributed by atoms with E-state index in [4.69, 9.17) is 19.0 Å². The van der Waals surface area contributed by atoms with Gasteiger partial charge in [0.05, 0.1) is 30.9 Å². The minimum atomic E-state index is -3.92. The molecule has 0 unspecified atom stereocenters. The first kappa shape index (κ1) is 20.1. The van der Waals surface area contributed by atoms with Crippen molar-refractivity contribution >= 4 is 21.7 Å². The Bertz CT molecular complexity index is 746. The van der Waals surface area contributed by atoms with Gasteiger partial charge in [-0.2, -0.15) is 4.31 Å². The van der Waals surface area contributed by atoms with Crippen LogP contribution in [0.1, 0.15) is 6.42 Å². The van der Waals surface area contributed by atoms with Crippen LogP contribution in [0, 0.1) is 0 Å². The molecule has 1 aromatic rings. The number of carbonyl (C=O) groups is 1. The lowest BCUT2D eigenvalue weighted by Crippen LogP contribution is -2.41. The first-order valence-corrected chi connectivity index (χ1v) is 9.28. The number of rotatable bonds is 8. The van der Waals surface area contributed by atoms with Gasteiger partial charge in [0.1, 0.15) is 25.5 Å². The molecule has 0 spiro atoms. The molecule has 0 radical (unpaired) electrons. The zero-order chi connectivity index (χ0) is 19.2. The van der Waals surface area contributed by atoms with Crippen molar-refractivity contribution in [1.29, 1.82) is 0 Å². The number of hydrogen-bond acceptors (Lipinski definition) is 8. The van der Waals surface area contributed by atoms with Crippen molar-refractivity contribution in [2.24, 2.45) is 5.16 Å². The van der Waals surface area contributed by atoms with Gasteiger partial charge in [-0.15, -0.1) is 0 Å². The van der Waals surface area contributed by atoms with Crippen molar-refractivity contribution in [2.75, 3.05) is 41.1 Å². The molecule has 0 aliphatic carbocycles. The predicted octanol–water partition coefficient (Wildman–Crippen LogP) is 0.650. The van der Waals surface area contributed by atoms with Crippen LogP contribution < -0.4 is 4.74 Å². The van der Waals surface area contributed by atoms with Crippen LogP contribution in [0.25, 0.3) is 0 Å². The first-order chi connectivity index (χ1) is 12.4. The van der Waals surface area contributed by atoms with E-state index in [1.165, 1.54) is 26.4 Å². The normalized spacial score (nSPS) is 19.5. The molecule has 1 saturated heterocycles. The second kappa shape index (κ2) is 8.97. The Balaban J connectivity index is 2.23. The predicted molar refractivity (Wildman–Crippen MR) is 92.6 cm³/mol.